The van der Waals surface area contributed by atoms with Crippen LogP contribution in [0.3, 0.4) is 0 Å². The minimum atomic E-state index is -3.88. The lowest BCUT2D eigenvalue weighted by Crippen LogP contribution is -2.27. The second-order valence-electron chi connectivity index (χ2n) is 5.17. The maximum absolute atomic E-state index is 12.9. The molecule has 0 amide bonds. The Morgan fingerprint density at radius 3 is 2.12 bits per heavy atom. The van der Waals surface area contributed by atoms with Crippen LogP contribution in [0.1, 0.15) is 5.56 Å². The normalized spacial score (nSPS) is 12.5. The molecule has 0 fully saturated rings. The molecule has 2 aromatic carbocycles. The average molecular weight is 372 g/mol. The van der Waals surface area contributed by atoms with Crippen molar-refractivity contribution in [2.24, 2.45) is 0 Å². The summed E-state index contributed by atoms with van der Waals surface area (Å²) in [5, 5.41) is 0. The Bertz CT molecular complexity index is 924. The standard InChI is InChI=1S/C15H17FN2O4S2/c1-18(2)24(21,22)15-6-4-3-5-12(15)11-17-23(19,20)14-9-7-13(16)8-10-14/h3-10,17H,11H2,1-2H3. The molecule has 0 saturated carbocycles. The van der Waals surface area contributed by atoms with Gasteiger partial charge in [-0.3, -0.25) is 0 Å². The minimum absolute atomic E-state index is 0.0248. The number of benzene rings is 2. The summed E-state index contributed by atoms with van der Waals surface area (Å²) in [4.78, 5) is -0.0753. The van der Waals surface area contributed by atoms with Gasteiger partial charge in [-0.2, -0.15) is 0 Å². The van der Waals surface area contributed by atoms with Crippen molar-refractivity contribution in [1.82, 2.24) is 9.03 Å². The van der Waals surface area contributed by atoms with Gasteiger partial charge in [0, 0.05) is 20.6 Å². The number of nitrogens with zero attached hydrogens (tertiary/aromatic N) is 1. The zero-order valence-electron chi connectivity index (χ0n) is 13.1. The third-order valence-electron chi connectivity index (χ3n) is 3.31. The van der Waals surface area contributed by atoms with E-state index in [4.69, 9.17) is 0 Å². The van der Waals surface area contributed by atoms with Crippen molar-refractivity contribution in [3.05, 3.63) is 59.9 Å². The SMILES string of the molecule is CN(C)S(=O)(=O)c1ccccc1CNS(=O)(=O)c1ccc(F)cc1. The minimum Gasteiger partial charge on any atom is -0.207 e. The Morgan fingerprint density at radius 2 is 1.54 bits per heavy atom. The van der Waals surface area contributed by atoms with E-state index in [1.54, 1.807) is 12.1 Å². The maximum atomic E-state index is 12.9. The Balaban J connectivity index is 2.29. The largest absolute Gasteiger partial charge is 0.242 e. The Morgan fingerprint density at radius 1 is 0.958 bits per heavy atom. The molecule has 6 nitrogen and oxygen atoms in total. The first-order valence-electron chi connectivity index (χ1n) is 6.90. The molecule has 0 spiro atoms. The average Bonchev–Trinajstić information content (AvgIpc) is 2.53. The van der Waals surface area contributed by atoms with Crippen LogP contribution in [-0.2, 0) is 26.6 Å². The summed E-state index contributed by atoms with van der Waals surface area (Å²) in [6.45, 7) is -0.205. The predicted octanol–water partition coefficient (Wildman–Crippen LogP) is 1.55. The second kappa shape index (κ2) is 6.98. The molecule has 0 bridgehead atoms. The fourth-order valence-electron chi connectivity index (χ4n) is 1.97. The van der Waals surface area contributed by atoms with Crippen molar-refractivity contribution in [2.45, 2.75) is 16.3 Å². The molecule has 24 heavy (non-hydrogen) atoms. The summed E-state index contributed by atoms with van der Waals surface area (Å²) in [6, 6.07) is 10.5. The Labute approximate surface area is 141 Å². The van der Waals surface area contributed by atoms with Crippen molar-refractivity contribution < 1.29 is 21.2 Å². The molecule has 0 atom stereocenters. The van der Waals surface area contributed by atoms with E-state index in [-0.39, 0.29) is 16.3 Å². The van der Waals surface area contributed by atoms with E-state index >= 15 is 0 Å². The number of sulfonamides is 2. The number of hydrogen-bond acceptors (Lipinski definition) is 4. The summed E-state index contributed by atoms with van der Waals surface area (Å²) in [5.41, 5.74) is 0.317. The van der Waals surface area contributed by atoms with Crippen molar-refractivity contribution >= 4 is 20.0 Å². The first-order valence-corrected chi connectivity index (χ1v) is 9.82. The molecule has 2 aromatic rings. The van der Waals surface area contributed by atoms with E-state index in [9.17, 15) is 21.2 Å². The van der Waals surface area contributed by atoms with Crippen LogP contribution in [0.15, 0.2) is 58.3 Å². The molecule has 0 heterocycles. The fourth-order valence-corrected chi connectivity index (χ4v) is 4.09. The molecule has 9 heteroatoms. The van der Waals surface area contributed by atoms with Gasteiger partial charge in [0.2, 0.25) is 20.0 Å². The highest BCUT2D eigenvalue weighted by molar-refractivity contribution is 7.89. The molecule has 0 radical (unpaired) electrons. The number of hydrogen-bond donors (Lipinski definition) is 1. The molecule has 0 aliphatic carbocycles. The van der Waals surface area contributed by atoms with Crippen LogP contribution in [0.4, 0.5) is 4.39 Å². The molecular formula is C15H17FN2O4S2. The van der Waals surface area contributed by atoms with Crippen LogP contribution in [0.5, 0.6) is 0 Å². The first-order chi connectivity index (χ1) is 11.1. The van der Waals surface area contributed by atoms with Crippen molar-refractivity contribution in [1.29, 1.82) is 0 Å². The van der Waals surface area contributed by atoms with Crippen LogP contribution >= 0.6 is 0 Å². The highest BCUT2D eigenvalue weighted by Gasteiger charge is 2.22. The highest BCUT2D eigenvalue weighted by atomic mass is 32.2. The monoisotopic (exact) mass is 372 g/mol. The molecule has 0 aliphatic heterocycles. The van der Waals surface area contributed by atoms with Gasteiger partial charge in [0.15, 0.2) is 0 Å². The molecule has 130 valence electrons. The summed E-state index contributed by atoms with van der Waals surface area (Å²) >= 11 is 0. The van der Waals surface area contributed by atoms with E-state index < -0.39 is 25.9 Å². The van der Waals surface area contributed by atoms with Crippen LogP contribution in [0.2, 0.25) is 0 Å². The van der Waals surface area contributed by atoms with Crippen LogP contribution in [0.25, 0.3) is 0 Å². The number of nitrogens with one attached hydrogen (secondary N) is 1. The van der Waals surface area contributed by atoms with E-state index in [0.717, 1.165) is 28.6 Å². The molecular weight excluding hydrogens is 355 g/mol. The Kier molecular flexibility index (Phi) is 5.38. The smallest absolute Gasteiger partial charge is 0.207 e. The zero-order chi connectivity index (χ0) is 18.0. The summed E-state index contributed by atoms with van der Waals surface area (Å²) in [5.74, 6) is -0.545. The van der Waals surface area contributed by atoms with E-state index in [0.29, 0.717) is 5.56 Å². The van der Waals surface area contributed by atoms with Gasteiger partial charge < -0.3 is 0 Å². The van der Waals surface area contributed by atoms with Crippen molar-refractivity contribution in [2.75, 3.05) is 14.1 Å². The van der Waals surface area contributed by atoms with Gasteiger partial charge in [0.25, 0.3) is 0 Å². The predicted molar refractivity (Wildman–Crippen MR) is 87.7 cm³/mol. The van der Waals surface area contributed by atoms with Crippen LogP contribution < -0.4 is 4.72 Å². The lowest BCUT2D eigenvalue weighted by Gasteiger charge is -2.15. The van der Waals surface area contributed by atoms with E-state index in [1.807, 2.05) is 0 Å². The van der Waals surface area contributed by atoms with Crippen molar-refractivity contribution in [3.63, 3.8) is 0 Å². The molecule has 0 unspecified atom stereocenters. The molecule has 0 aromatic heterocycles. The maximum Gasteiger partial charge on any atom is 0.242 e. The zero-order valence-corrected chi connectivity index (χ0v) is 14.7. The molecule has 2 rings (SSSR count). The van der Waals surface area contributed by atoms with E-state index in [2.05, 4.69) is 4.72 Å². The van der Waals surface area contributed by atoms with Crippen LogP contribution in [-0.4, -0.2) is 35.2 Å². The van der Waals surface area contributed by atoms with Gasteiger partial charge in [-0.15, -0.1) is 0 Å². The molecule has 0 aliphatic rings. The number of halogens is 1. The summed E-state index contributed by atoms with van der Waals surface area (Å²) < 4.78 is 65.3. The van der Waals surface area contributed by atoms with Gasteiger partial charge in [-0.1, -0.05) is 18.2 Å². The van der Waals surface area contributed by atoms with Gasteiger partial charge in [-0.25, -0.2) is 30.3 Å². The highest BCUT2D eigenvalue weighted by Crippen LogP contribution is 2.19. The van der Waals surface area contributed by atoms with Gasteiger partial charge in [0.05, 0.1) is 9.79 Å². The van der Waals surface area contributed by atoms with Gasteiger partial charge in [-0.05, 0) is 35.9 Å². The molecule has 0 saturated heterocycles. The fraction of sp³-hybridized carbons (Fsp3) is 0.200. The lowest BCUT2D eigenvalue weighted by atomic mass is 10.2. The Hall–Kier alpha value is -1.81. The summed E-state index contributed by atoms with van der Waals surface area (Å²) in [6.07, 6.45) is 0. The van der Waals surface area contributed by atoms with Gasteiger partial charge in [0.1, 0.15) is 5.82 Å². The van der Waals surface area contributed by atoms with E-state index in [1.165, 1.54) is 26.2 Å². The molecule has 1 N–H and O–H groups in total. The lowest BCUT2D eigenvalue weighted by molar-refractivity contribution is 0.519. The van der Waals surface area contributed by atoms with Gasteiger partial charge >= 0.3 is 0 Å². The third-order valence-corrected chi connectivity index (χ3v) is 6.64. The third kappa shape index (κ3) is 3.99. The topological polar surface area (TPSA) is 83.6 Å². The summed E-state index contributed by atoms with van der Waals surface area (Å²) in [7, 11) is -4.78. The van der Waals surface area contributed by atoms with Crippen molar-refractivity contribution in [3.8, 4) is 0 Å². The first kappa shape index (κ1) is 18.5. The van der Waals surface area contributed by atoms with Crippen LogP contribution in [0, 0.1) is 5.82 Å². The number of rotatable bonds is 6. The second-order valence-corrected chi connectivity index (χ2v) is 9.06. The quantitative estimate of drug-likeness (QED) is 0.834.